The summed E-state index contributed by atoms with van der Waals surface area (Å²) < 4.78 is 6.77. The first kappa shape index (κ1) is 14.7. The van der Waals surface area contributed by atoms with Crippen molar-refractivity contribution in [2.24, 2.45) is 13.0 Å². The number of hydrogen-bond donors (Lipinski definition) is 0. The van der Waals surface area contributed by atoms with Crippen molar-refractivity contribution >= 4 is 5.97 Å². The van der Waals surface area contributed by atoms with Crippen molar-refractivity contribution in [2.45, 2.75) is 27.3 Å². The first-order chi connectivity index (χ1) is 8.45. The van der Waals surface area contributed by atoms with Gasteiger partial charge in [0, 0.05) is 20.1 Å². The Morgan fingerprint density at radius 2 is 2.22 bits per heavy atom. The van der Waals surface area contributed by atoms with E-state index in [-0.39, 0.29) is 5.97 Å². The summed E-state index contributed by atoms with van der Waals surface area (Å²) in [5.41, 5.74) is 1.46. The molecule has 0 aliphatic carbocycles. The summed E-state index contributed by atoms with van der Waals surface area (Å²) in [5, 5.41) is 4.14. The van der Waals surface area contributed by atoms with Crippen molar-refractivity contribution in [3.8, 4) is 0 Å². The average Bonchev–Trinajstić information content (AvgIpc) is 2.60. The van der Waals surface area contributed by atoms with E-state index in [2.05, 4.69) is 23.8 Å². The van der Waals surface area contributed by atoms with E-state index < -0.39 is 0 Å². The van der Waals surface area contributed by atoms with E-state index in [1.807, 2.05) is 14.1 Å². The van der Waals surface area contributed by atoms with Crippen molar-refractivity contribution in [3.63, 3.8) is 0 Å². The minimum atomic E-state index is -0.293. The second-order valence-electron chi connectivity index (χ2n) is 4.94. The Labute approximate surface area is 109 Å². The smallest absolute Gasteiger partial charge is 0.341 e. The highest BCUT2D eigenvalue weighted by atomic mass is 16.5. The normalized spacial score (nSPS) is 11.3. The molecule has 1 rings (SSSR count). The second-order valence-corrected chi connectivity index (χ2v) is 4.94. The minimum Gasteiger partial charge on any atom is -0.462 e. The van der Waals surface area contributed by atoms with Crippen LogP contribution in [0.3, 0.4) is 0 Å². The summed E-state index contributed by atoms with van der Waals surface area (Å²) in [6.45, 7) is 8.21. The van der Waals surface area contributed by atoms with Crippen LogP contribution >= 0.6 is 0 Å². The molecule has 0 spiro atoms. The van der Waals surface area contributed by atoms with Crippen LogP contribution in [0, 0.1) is 5.92 Å². The molecule has 0 amide bonds. The van der Waals surface area contributed by atoms with Crippen LogP contribution in [0.1, 0.15) is 36.8 Å². The molecule has 5 nitrogen and oxygen atoms in total. The van der Waals surface area contributed by atoms with Gasteiger partial charge < -0.3 is 9.64 Å². The van der Waals surface area contributed by atoms with E-state index in [1.54, 1.807) is 17.8 Å². The van der Waals surface area contributed by atoms with Crippen molar-refractivity contribution < 1.29 is 9.53 Å². The first-order valence-corrected chi connectivity index (χ1v) is 6.32. The average molecular weight is 253 g/mol. The molecule has 1 heterocycles. The lowest BCUT2D eigenvalue weighted by Gasteiger charge is -2.19. The monoisotopic (exact) mass is 253 g/mol. The highest BCUT2D eigenvalue weighted by molar-refractivity contribution is 5.90. The van der Waals surface area contributed by atoms with Crippen LogP contribution in [0.4, 0.5) is 0 Å². The molecule has 18 heavy (non-hydrogen) atoms. The van der Waals surface area contributed by atoms with E-state index in [1.165, 1.54) is 0 Å². The molecular weight excluding hydrogens is 230 g/mol. The van der Waals surface area contributed by atoms with Gasteiger partial charge in [0.05, 0.1) is 18.5 Å². The van der Waals surface area contributed by atoms with Crippen LogP contribution in [-0.2, 0) is 18.3 Å². The fourth-order valence-corrected chi connectivity index (χ4v) is 1.97. The maximum absolute atomic E-state index is 11.8. The predicted octanol–water partition coefficient (Wildman–Crippen LogP) is 1.68. The van der Waals surface area contributed by atoms with Gasteiger partial charge in [0.2, 0.25) is 0 Å². The summed E-state index contributed by atoms with van der Waals surface area (Å²) in [6, 6.07) is 0. The zero-order valence-electron chi connectivity index (χ0n) is 11.9. The fraction of sp³-hybridized carbons (Fsp3) is 0.692. The Hall–Kier alpha value is -1.36. The summed E-state index contributed by atoms with van der Waals surface area (Å²) in [7, 11) is 3.89. The van der Waals surface area contributed by atoms with E-state index in [0.29, 0.717) is 24.6 Å². The molecule has 0 aliphatic rings. The van der Waals surface area contributed by atoms with Gasteiger partial charge in [0.25, 0.3) is 0 Å². The van der Waals surface area contributed by atoms with Gasteiger partial charge in [0.15, 0.2) is 0 Å². The molecule has 0 radical (unpaired) electrons. The molecule has 0 N–H and O–H groups in total. The topological polar surface area (TPSA) is 47.4 Å². The maximum atomic E-state index is 11.8. The van der Waals surface area contributed by atoms with Crippen LogP contribution < -0.4 is 0 Å². The van der Waals surface area contributed by atoms with Gasteiger partial charge in [-0.15, -0.1) is 0 Å². The van der Waals surface area contributed by atoms with Crippen molar-refractivity contribution in [3.05, 3.63) is 17.5 Å². The number of nitrogens with zero attached hydrogens (tertiary/aromatic N) is 3. The zero-order chi connectivity index (χ0) is 13.7. The van der Waals surface area contributed by atoms with Crippen molar-refractivity contribution in [2.75, 3.05) is 20.2 Å². The van der Waals surface area contributed by atoms with Crippen LogP contribution in [-0.4, -0.2) is 40.8 Å². The standard InChI is InChI=1S/C13H23N3O2/c1-6-18-13(17)11-7-14-16(5)12(11)9-15(4)8-10(2)3/h7,10H,6,8-9H2,1-5H3. The minimum absolute atomic E-state index is 0.293. The Kier molecular flexibility index (Phi) is 5.34. The highest BCUT2D eigenvalue weighted by Gasteiger charge is 2.18. The fourth-order valence-electron chi connectivity index (χ4n) is 1.97. The number of aromatic nitrogens is 2. The molecule has 1 aromatic heterocycles. The number of ether oxygens (including phenoxy) is 1. The lowest BCUT2D eigenvalue weighted by molar-refractivity contribution is 0.0524. The molecule has 0 bridgehead atoms. The quantitative estimate of drug-likeness (QED) is 0.724. The number of rotatable bonds is 6. The molecule has 0 aliphatic heterocycles. The van der Waals surface area contributed by atoms with Gasteiger partial charge >= 0.3 is 5.97 Å². The first-order valence-electron chi connectivity index (χ1n) is 6.32. The number of esters is 1. The summed E-state index contributed by atoms with van der Waals surface area (Å²) in [5.74, 6) is 0.299. The summed E-state index contributed by atoms with van der Waals surface area (Å²) >= 11 is 0. The number of hydrogen-bond acceptors (Lipinski definition) is 4. The van der Waals surface area contributed by atoms with Crippen molar-refractivity contribution in [1.82, 2.24) is 14.7 Å². The van der Waals surface area contributed by atoms with Gasteiger partial charge in [-0.25, -0.2) is 4.79 Å². The molecule has 0 aromatic carbocycles. The van der Waals surface area contributed by atoms with E-state index in [4.69, 9.17) is 4.74 Å². The third-order valence-electron chi connectivity index (χ3n) is 2.65. The lowest BCUT2D eigenvalue weighted by atomic mass is 10.2. The molecule has 0 atom stereocenters. The van der Waals surface area contributed by atoms with Gasteiger partial charge in [-0.3, -0.25) is 4.68 Å². The lowest BCUT2D eigenvalue weighted by Crippen LogP contribution is -2.25. The Morgan fingerprint density at radius 3 is 2.78 bits per heavy atom. The molecule has 5 heteroatoms. The SMILES string of the molecule is CCOC(=O)c1cnn(C)c1CN(C)CC(C)C. The van der Waals surface area contributed by atoms with Crippen LogP contribution in [0.15, 0.2) is 6.20 Å². The molecule has 0 fully saturated rings. The third-order valence-corrected chi connectivity index (χ3v) is 2.65. The molecule has 0 saturated heterocycles. The molecule has 0 saturated carbocycles. The van der Waals surface area contributed by atoms with Gasteiger partial charge in [-0.1, -0.05) is 13.8 Å². The van der Waals surface area contributed by atoms with Gasteiger partial charge in [0.1, 0.15) is 5.56 Å². The Balaban J connectivity index is 2.81. The number of carbonyl (C=O) groups excluding carboxylic acids is 1. The van der Waals surface area contributed by atoms with Crippen LogP contribution in [0.25, 0.3) is 0 Å². The predicted molar refractivity (Wildman–Crippen MR) is 70.3 cm³/mol. The van der Waals surface area contributed by atoms with Crippen molar-refractivity contribution in [1.29, 1.82) is 0 Å². The van der Waals surface area contributed by atoms with E-state index in [0.717, 1.165) is 12.2 Å². The summed E-state index contributed by atoms with van der Waals surface area (Å²) in [4.78, 5) is 14.0. The van der Waals surface area contributed by atoms with E-state index in [9.17, 15) is 4.79 Å². The Morgan fingerprint density at radius 1 is 1.56 bits per heavy atom. The van der Waals surface area contributed by atoms with Crippen LogP contribution in [0.2, 0.25) is 0 Å². The molecule has 1 aromatic rings. The summed E-state index contributed by atoms with van der Waals surface area (Å²) in [6.07, 6.45) is 1.58. The van der Waals surface area contributed by atoms with Gasteiger partial charge in [-0.2, -0.15) is 5.10 Å². The van der Waals surface area contributed by atoms with Crippen LogP contribution in [0.5, 0.6) is 0 Å². The third kappa shape index (κ3) is 3.84. The molecule has 102 valence electrons. The molecular formula is C13H23N3O2. The van der Waals surface area contributed by atoms with E-state index >= 15 is 0 Å². The number of aryl methyl sites for hydroxylation is 1. The highest BCUT2D eigenvalue weighted by Crippen LogP contribution is 2.12. The molecule has 0 unspecified atom stereocenters. The maximum Gasteiger partial charge on any atom is 0.341 e. The van der Waals surface area contributed by atoms with Gasteiger partial charge in [-0.05, 0) is 19.9 Å². The number of carbonyl (C=O) groups is 1. The second kappa shape index (κ2) is 6.54. The zero-order valence-corrected chi connectivity index (χ0v) is 11.9. The largest absolute Gasteiger partial charge is 0.462 e. The Bertz CT molecular complexity index is 399.